The number of nitrogens with zero attached hydrogens (tertiary/aromatic N) is 3. The van der Waals surface area contributed by atoms with E-state index in [2.05, 4.69) is 20.1 Å². The molecule has 0 bridgehead atoms. The van der Waals surface area contributed by atoms with Gasteiger partial charge in [0.2, 0.25) is 0 Å². The summed E-state index contributed by atoms with van der Waals surface area (Å²) >= 11 is 0. The number of methoxy groups -OCH3 is 1. The number of rotatable bonds is 5. The average Bonchev–Trinajstić information content (AvgIpc) is 2.76. The van der Waals surface area contributed by atoms with Gasteiger partial charge in [-0.2, -0.15) is 5.10 Å². The van der Waals surface area contributed by atoms with Crippen LogP contribution in [-0.2, 0) is 9.47 Å². The fourth-order valence-corrected chi connectivity index (χ4v) is 2.07. The van der Waals surface area contributed by atoms with Gasteiger partial charge < -0.3 is 14.6 Å². The minimum atomic E-state index is -0.470. The van der Waals surface area contributed by atoms with E-state index < -0.39 is 6.10 Å². The quantitative estimate of drug-likeness (QED) is 0.738. The van der Waals surface area contributed by atoms with Crippen LogP contribution in [0.25, 0.3) is 0 Å². The summed E-state index contributed by atoms with van der Waals surface area (Å²) in [5, 5.41) is 16.6. The predicted molar refractivity (Wildman–Crippen MR) is 64.1 cm³/mol. The molecule has 2 N–H and O–H groups in total. The summed E-state index contributed by atoms with van der Waals surface area (Å²) in [6, 6.07) is 0. The number of nitrogens with one attached hydrogen (secondary N) is 1. The van der Waals surface area contributed by atoms with Crippen LogP contribution >= 0.6 is 0 Å². The number of aliphatic hydroxyl groups is 1. The Balaban J connectivity index is 1.88. The van der Waals surface area contributed by atoms with Crippen molar-refractivity contribution in [3.8, 4) is 0 Å². The van der Waals surface area contributed by atoms with Gasteiger partial charge in [-0.3, -0.25) is 10.00 Å². The van der Waals surface area contributed by atoms with Gasteiger partial charge in [0.15, 0.2) is 5.82 Å². The van der Waals surface area contributed by atoms with E-state index in [0.717, 1.165) is 12.4 Å². The van der Waals surface area contributed by atoms with Gasteiger partial charge >= 0.3 is 0 Å². The molecule has 1 aliphatic heterocycles. The number of H-pyrrole nitrogens is 1. The first-order valence-corrected chi connectivity index (χ1v) is 6.09. The maximum Gasteiger partial charge on any atom is 0.180 e. The minimum Gasteiger partial charge on any atom is -0.389 e. The topological polar surface area (TPSA) is 83.5 Å². The molecule has 1 saturated heterocycles. The molecule has 7 nitrogen and oxygen atoms in total. The molecular weight excluding hydrogens is 236 g/mol. The Labute approximate surface area is 106 Å². The monoisotopic (exact) mass is 256 g/mol. The molecule has 1 aromatic heterocycles. The van der Waals surface area contributed by atoms with Crippen LogP contribution in [-0.4, -0.2) is 71.2 Å². The molecule has 1 fully saturated rings. The highest BCUT2D eigenvalue weighted by atomic mass is 16.5. The molecule has 7 heteroatoms. The molecule has 2 rings (SSSR count). The second-order valence-corrected chi connectivity index (χ2v) is 4.51. The van der Waals surface area contributed by atoms with E-state index in [0.29, 0.717) is 32.1 Å². The summed E-state index contributed by atoms with van der Waals surface area (Å²) in [6.45, 7) is 4.91. The van der Waals surface area contributed by atoms with E-state index in [1.54, 1.807) is 7.11 Å². The number of aromatic nitrogens is 3. The highest BCUT2D eigenvalue weighted by molar-refractivity contribution is 4.95. The first kappa shape index (κ1) is 13.4. The maximum atomic E-state index is 9.72. The molecule has 0 aromatic carbocycles. The summed E-state index contributed by atoms with van der Waals surface area (Å²) in [5.74, 6) is 1.46. The van der Waals surface area contributed by atoms with Gasteiger partial charge in [0.05, 0.1) is 19.3 Å². The minimum absolute atomic E-state index is 0.126. The first-order valence-electron chi connectivity index (χ1n) is 6.09. The van der Waals surface area contributed by atoms with Gasteiger partial charge in [-0.25, -0.2) is 4.98 Å². The molecule has 0 amide bonds. The predicted octanol–water partition coefficient (Wildman–Crippen LogP) is -0.506. The highest BCUT2D eigenvalue weighted by Gasteiger charge is 2.26. The van der Waals surface area contributed by atoms with Gasteiger partial charge in [0.1, 0.15) is 11.9 Å². The van der Waals surface area contributed by atoms with Crippen LogP contribution < -0.4 is 0 Å². The number of hydrogen-bond donors (Lipinski definition) is 2. The van der Waals surface area contributed by atoms with Crippen molar-refractivity contribution in [3.63, 3.8) is 0 Å². The third-order valence-electron chi connectivity index (χ3n) is 2.88. The molecule has 18 heavy (non-hydrogen) atoms. The summed E-state index contributed by atoms with van der Waals surface area (Å²) in [5.41, 5.74) is 0. The van der Waals surface area contributed by atoms with Crippen molar-refractivity contribution in [2.75, 3.05) is 40.0 Å². The normalized spacial score (nSPS) is 23.2. The third kappa shape index (κ3) is 3.49. The van der Waals surface area contributed by atoms with Crippen molar-refractivity contribution in [3.05, 3.63) is 11.6 Å². The Hall–Kier alpha value is -1.02. The van der Waals surface area contributed by atoms with E-state index in [-0.39, 0.29) is 6.10 Å². The van der Waals surface area contributed by atoms with Gasteiger partial charge in [0.25, 0.3) is 0 Å². The molecule has 0 radical (unpaired) electrons. The molecule has 2 atom stereocenters. The van der Waals surface area contributed by atoms with Crippen molar-refractivity contribution in [1.29, 1.82) is 0 Å². The molecule has 0 unspecified atom stereocenters. The lowest BCUT2D eigenvalue weighted by Crippen LogP contribution is -2.43. The zero-order valence-corrected chi connectivity index (χ0v) is 10.8. The van der Waals surface area contributed by atoms with Crippen molar-refractivity contribution < 1.29 is 14.6 Å². The number of aliphatic hydroxyl groups excluding tert-OH is 1. The van der Waals surface area contributed by atoms with Crippen molar-refractivity contribution >= 4 is 0 Å². The molecule has 0 saturated carbocycles. The zero-order chi connectivity index (χ0) is 13.0. The smallest absolute Gasteiger partial charge is 0.180 e. The van der Waals surface area contributed by atoms with Crippen LogP contribution in [0.3, 0.4) is 0 Å². The second-order valence-electron chi connectivity index (χ2n) is 4.51. The van der Waals surface area contributed by atoms with E-state index in [9.17, 15) is 5.11 Å². The summed E-state index contributed by atoms with van der Waals surface area (Å²) in [4.78, 5) is 6.42. The van der Waals surface area contributed by atoms with Gasteiger partial charge in [0, 0.05) is 26.7 Å². The Kier molecular flexibility index (Phi) is 4.65. The number of aryl methyl sites for hydroxylation is 1. The van der Waals surface area contributed by atoms with Gasteiger partial charge in [-0.1, -0.05) is 0 Å². The van der Waals surface area contributed by atoms with E-state index in [1.165, 1.54) is 0 Å². The third-order valence-corrected chi connectivity index (χ3v) is 2.88. The van der Waals surface area contributed by atoms with Crippen LogP contribution in [0, 0.1) is 6.92 Å². The zero-order valence-electron chi connectivity index (χ0n) is 10.8. The second kappa shape index (κ2) is 6.24. The Morgan fingerprint density at radius 2 is 2.50 bits per heavy atom. The lowest BCUT2D eigenvalue weighted by molar-refractivity contribution is -0.0526. The van der Waals surface area contributed by atoms with Crippen molar-refractivity contribution in [1.82, 2.24) is 20.1 Å². The number of morpholine rings is 1. The van der Waals surface area contributed by atoms with Crippen LogP contribution in [0.1, 0.15) is 17.8 Å². The Morgan fingerprint density at radius 3 is 3.17 bits per heavy atom. The number of β-amino-alcohol motifs (C(OH)–C–C–N with tert-alkyl or cyclic N) is 1. The number of hydrogen-bond acceptors (Lipinski definition) is 6. The average molecular weight is 256 g/mol. The lowest BCUT2D eigenvalue weighted by Gasteiger charge is -2.32. The fraction of sp³-hybridized carbons (Fsp3) is 0.818. The summed E-state index contributed by atoms with van der Waals surface area (Å²) in [6.07, 6.45) is -0.596. The highest BCUT2D eigenvalue weighted by Crippen LogP contribution is 2.18. The SMILES string of the molecule is COC[C@H](O)CN1CCO[C@H](c2n[nH]c(C)n2)C1. The number of ether oxygens (including phenoxy) is 2. The van der Waals surface area contributed by atoms with Crippen LogP contribution in [0.5, 0.6) is 0 Å². The van der Waals surface area contributed by atoms with E-state index >= 15 is 0 Å². The van der Waals surface area contributed by atoms with Crippen LogP contribution in [0.4, 0.5) is 0 Å². The fourth-order valence-electron chi connectivity index (χ4n) is 2.07. The van der Waals surface area contributed by atoms with Crippen LogP contribution in [0.15, 0.2) is 0 Å². The van der Waals surface area contributed by atoms with Gasteiger partial charge in [-0.05, 0) is 6.92 Å². The Morgan fingerprint density at radius 1 is 1.67 bits per heavy atom. The van der Waals surface area contributed by atoms with Gasteiger partial charge in [-0.15, -0.1) is 0 Å². The van der Waals surface area contributed by atoms with E-state index in [1.807, 2.05) is 6.92 Å². The summed E-state index contributed by atoms with van der Waals surface area (Å²) in [7, 11) is 1.59. The standard InChI is InChI=1S/C11H20N4O3/c1-8-12-11(14-13-8)10-6-15(3-4-18-10)5-9(16)7-17-2/h9-10,16H,3-7H2,1-2H3,(H,12,13,14)/t9-,10+/m1/s1. The molecule has 0 aliphatic carbocycles. The van der Waals surface area contributed by atoms with Crippen molar-refractivity contribution in [2.24, 2.45) is 0 Å². The largest absolute Gasteiger partial charge is 0.389 e. The van der Waals surface area contributed by atoms with E-state index in [4.69, 9.17) is 9.47 Å². The number of aromatic amines is 1. The first-order chi connectivity index (χ1) is 8.69. The molecular formula is C11H20N4O3. The lowest BCUT2D eigenvalue weighted by atomic mass is 10.2. The molecule has 0 spiro atoms. The van der Waals surface area contributed by atoms with Crippen molar-refractivity contribution in [2.45, 2.75) is 19.1 Å². The molecule has 1 aromatic rings. The molecule has 1 aliphatic rings. The molecule has 102 valence electrons. The molecule has 2 heterocycles. The van der Waals surface area contributed by atoms with Crippen LogP contribution in [0.2, 0.25) is 0 Å². The summed E-state index contributed by atoms with van der Waals surface area (Å²) < 4.78 is 10.6. The Bertz CT molecular complexity index is 371. The maximum absolute atomic E-state index is 9.72.